The maximum atomic E-state index is 2.32. The first-order valence-electron chi connectivity index (χ1n) is 13.6. The van der Waals surface area contributed by atoms with Gasteiger partial charge in [-0.05, 0) is 53.8 Å². The molecular formula is C38H30P2. The minimum Gasteiger partial charge on any atom is -0.0622 e. The second-order valence-electron chi connectivity index (χ2n) is 9.44. The molecule has 0 N–H and O–H groups in total. The SMILES string of the molecule is c1ccc(C(=C(P(c2ccccc2)c2ccccc2)P(c2ccccc2)c2ccccc2)c2ccccc2)cc1. The number of hydrogen-bond donors (Lipinski definition) is 0. The van der Waals surface area contributed by atoms with Gasteiger partial charge in [-0.2, -0.15) is 0 Å². The van der Waals surface area contributed by atoms with Gasteiger partial charge in [0.05, 0.1) is 0 Å². The summed E-state index contributed by atoms with van der Waals surface area (Å²) in [7, 11) is -1.76. The predicted molar refractivity (Wildman–Crippen MR) is 177 cm³/mol. The monoisotopic (exact) mass is 548 g/mol. The van der Waals surface area contributed by atoms with E-state index >= 15 is 0 Å². The third-order valence-corrected chi connectivity index (χ3v) is 12.6. The first kappa shape index (κ1) is 26.2. The van der Waals surface area contributed by atoms with Gasteiger partial charge in [-0.3, -0.25) is 0 Å². The van der Waals surface area contributed by atoms with Gasteiger partial charge in [0.25, 0.3) is 0 Å². The summed E-state index contributed by atoms with van der Waals surface area (Å²) in [4.78, 5) is 0. The first-order chi connectivity index (χ1) is 19.9. The van der Waals surface area contributed by atoms with Crippen molar-refractivity contribution in [2.24, 2.45) is 0 Å². The average Bonchev–Trinajstić information content (AvgIpc) is 3.04. The average molecular weight is 549 g/mol. The van der Waals surface area contributed by atoms with Crippen LogP contribution in [0.4, 0.5) is 0 Å². The molecule has 40 heavy (non-hydrogen) atoms. The highest BCUT2D eigenvalue weighted by Crippen LogP contribution is 2.63. The van der Waals surface area contributed by atoms with E-state index in [1.54, 1.807) is 0 Å². The quantitative estimate of drug-likeness (QED) is 0.167. The van der Waals surface area contributed by atoms with Crippen LogP contribution in [-0.2, 0) is 0 Å². The van der Waals surface area contributed by atoms with Crippen LogP contribution < -0.4 is 21.2 Å². The molecule has 0 atom stereocenters. The van der Waals surface area contributed by atoms with Crippen molar-refractivity contribution in [2.75, 3.05) is 0 Å². The predicted octanol–water partition coefficient (Wildman–Crippen LogP) is 8.67. The molecule has 0 saturated heterocycles. The molecule has 0 aliphatic carbocycles. The van der Waals surface area contributed by atoms with Crippen molar-refractivity contribution in [2.45, 2.75) is 0 Å². The molecule has 6 aromatic rings. The van der Waals surface area contributed by atoms with Gasteiger partial charge in [-0.1, -0.05) is 182 Å². The molecule has 0 nitrogen and oxygen atoms in total. The highest BCUT2D eigenvalue weighted by molar-refractivity contribution is 7.95. The third-order valence-electron chi connectivity index (χ3n) is 6.83. The van der Waals surface area contributed by atoms with Crippen LogP contribution in [0.1, 0.15) is 11.1 Å². The molecule has 0 spiro atoms. The lowest BCUT2D eigenvalue weighted by molar-refractivity contribution is 1.55. The lowest BCUT2D eigenvalue weighted by atomic mass is 10.00. The maximum Gasteiger partial charge on any atom is 0.00383 e. The lowest BCUT2D eigenvalue weighted by Gasteiger charge is -2.33. The Morgan fingerprint density at radius 3 is 0.750 bits per heavy atom. The highest BCUT2D eigenvalue weighted by atomic mass is 31.2. The minimum absolute atomic E-state index is 0.879. The number of rotatable bonds is 8. The molecule has 0 heterocycles. The fraction of sp³-hybridized carbons (Fsp3) is 0. The van der Waals surface area contributed by atoms with Crippen LogP contribution in [0, 0.1) is 0 Å². The van der Waals surface area contributed by atoms with Gasteiger partial charge >= 0.3 is 0 Å². The zero-order chi connectivity index (χ0) is 27.0. The molecule has 192 valence electrons. The first-order valence-corrected chi connectivity index (χ1v) is 16.2. The van der Waals surface area contributed by atoms with E-state index in [1.807, 2.05) is 0 Å². The molecular weight excluding hydrogens is 518 g/mol. The van der Waals surface area contributed by atoms with Crippen LogP contribution in [-0.4, -0.2) is 0 Å². The Kier molecular flexibility index (Phi) is 8.40. The van der Waals surface area contributed by atoms with E-state index in [0.717, 1.165) is 0 Å². The number of benzene rings is 6. The zero-order valence-electron chi connectivity index (χ0n) is 22.2. The van der Waals surface area contributed by atoms with Gasteiger partial charge in [-0.25, -0.2) is 0 Å². The van der Waals surface area contributed by atoms with Crippen LogP contribution in [0.5, 0.6) is 0 Å². The van der Waals surface area contributed by atoms with E-state index < -0.39 is 15.8 Å². The molecule has 0 saturated carbocycles. The van der Waals surface area contributed by atoms with Crippen molar-refractivity contribution >= 4 is 42.6 Å². The standard InChI is InChI=1S/C38H30P2/c1-7-19-31(20-8-1)37(32-21-9-2-10-22-32)38(39(33-23-11-3-12-24-33)34-25-13-4-14-26-34)40(35-27-15-5-16-28-35)36-29-17-6-18-30-36/h1-30H. The summed E-state index contributed by atoms with van der Waals surface area (Å²) in [5.41, 5.74) is 3.84. The largest absolute Gasteiger partial charge is 0.0622 e. The van der Waals surface area contributed by atoms with Crippen molar-refractivity contribution in [3.8, 4) is 0 Å². The van der Waals surface area contributed by atoms with Gasteiger partial charge in [0.15, 0.2) is 0 Å². The molecule has 6 rings (SSSR count). The molecule has 6 aromatic carbocycles. The normalized spacial score (nSPS) is 10.9. The van der Waals surface area contributed by atoms with Gasteiger partial charge < -0.3 is 0 Å². The van der Waals surface area contributed by atoms with Crippen molar-refractivity contribution in [3.63, 3.8) is 0 Å². The van der Waals surface area contributed by atoms with Gasteiger partial charge in [-0.15, -0.1) is 0 Å². The highest BCUT2D eigenvalue weighted by Gasteiger charge is 2.32. The Hall–Kier alpha value is -4.08. The third kappa shape index (κ3) is 5.76. The molecule has 0 amide bonds. The van der Waals surface area contributed by atoms with Crippen molar-refractivity contribution < 1.29 is 0 Å². The van der Waals surface area contributed by atoms with Crippen molar-refractivity contribution in [3.05, 3.63) is 198 Å². The topological polar surface area (TPSA) is 0 Å². The molecule has 0 bridgehead atoms. The summed E-state index contributed by atoms with van der Waals surface area (Å²) in [6, 6.07) is 66.5. The van der Waals surface area contributed by atoms with E-state index in [-0.39, 0.29) is 0 Å². The summed E-state index contributed by atoms with van der Waals surface area (Å²) in [6.45, 7) is 0. The Morgan fingerprint density at radius 1 is 0.275 bits per heavy atom. The lowest BCUT2D eigenvalue weighted by Crippen LogP contribution is -2.20. The van der Waals surface area contributed by atoms with Crippen LogP contribution in [0.25, 0.3) is 5.57 Å². The summed E-state index contributed by atoms with van der Waals surface area (Å²) in [5.74, 6) is 0. The zero-order valence-corrected chi connectivity index (χ0v) is 24.0. The smallest absolute Gasteiger partial charge is 0.00383 e. The van der Waals surface area contributed by atoms with E-state index in [1.165, 1.54) is 43.0 Å². The maximum absolute atomic E-state index is 2.32. The molecule has 0 radical (unpaired) electrons. The Morgan fingerprint density at radius 2 is 0.500 bits per heavy atom. The van der Waals surface area contributed by atoms with E-state index in [9.17, 15) is 0 Å². The van der Waals surface area contributed by atoms with Crippen LogP contribution in [0.2, 0.25) is 0 Å². The van der Waals surface area contributed by atoms with Gasteiger partial charge in [0, 0.05) is 5.06 Å². The molecule has 0 aliphatic heterocycles. The molecule has 2 heteroatoms. The molecule has 0 aromatic heterocycles. The van der Waals surface area contributed by atoms with Crippen molar-refractivity contribution in [1.82, 2.24) is 0 Å². The minimum atomic E-state index is -0.879. The summed E-state index contributed by atoms with van der Waals surface area (Å²) in [5, 5.41) is 6.95. The number of hydrogen-bond acceptors (Lipinski definition) is 0. The molecule has 0 fully saturated rings. The summed E-state index contributed by atoms with van der Waals surface area (Å²) < 4.78 is 0. The summed E-state index contributed by atoms with van der Waals surface area (Å²) in [6.07, 6.45) is 0. The Bertz CT molecular complexity index is 1440. The van der Waals surface area contributed by atoms with Crippen LogP contribution >= 0.6 is 15.8 Å². The summed E-state index contributed by atoms with van der Waals surface area (Å²) >= 11 is 0. The van der Waals surface area contributed by atoms with Crippen LogP contribution in [0.3, 0.4) is 0 Å². The van der Waals surface area contributed by atoms with E-state index in [2.05, 4.69) is 182 Å². The van der Waals surface area contributed by atoms with Gasteiger partial charge in [0.2, 0.25) is 0 Å². The fourth-order valence-corrected chi connectivity index (χ4v) is 11.7. The fourth-order valence-electron chi connectivity index (χ4n) is 5.05. The Labute approximate surface area is 240 Å². The van der Waals surface area contributed by atoms with E-state index in [4.69, 9.17) is 0 Å². The molecule has 0 aliphatic rings. The molecule has 0 unspecified atom stereocenters. The second-order valence-corrected chi connectivity index (χ2v) is 14.1. The second kappa shape index (κ2) is 12.8. The Balaban J connectivity index is 1.79. The van der Waals surface area contributed by atoms with Gasteiger partial charge in [0.1, 0.15) is 0 Å². The van der Waals surface area contributed by atoms with Crippen molar-refractivity contribution in [1.29, 1.82) is 0 Å². The van der Waals surface area contributed by atoms with E-state index in [0.29, 0.717) is 0 Å². The van der Waals surface area contributed by atoms with Crippen LogP contribution in [0.15, 0.2) is 187 Å².